The summed E-state index contributed by atoms with van der Waals surface area (Å²) in [5.74, 6) is 0.646. The maximum absolute atomic E-state index is 10.6. The van der Waals surface area contributed by atoms with E-state index in [1.54, 1.807) is 6.07 Å². The van der Waals surface area contributed by atoms with Crippen molar-refractivity contribution in [3.63, 3.8) is 0 Å². The zero-order valence-corrected chi connectivity index (χ0v) is 12.6. The number of hydrogen-bond donors (Lipinski definition) is 1. The van der Waals surface area contributed by atoms with Gasteiger partial charge in [0.05, 0.1) is 14.6 Å². The molecule has 0 bridgehead atoms. The van der Waals surface area contributed by atoms with Crippen LogP contribution in [0.2, 0.25) is 0 Å². The predicted octanol–water partition coefficient (Wildman–Crippen LogP) is 1.96. The van der Waals surface area contributed by atoms with E-state index in [1.165, 1.54) is 12.1 Å². The van der Waals surface area contributed by atoms with Gasteiger partial charge < -0.3 is 14.8 Å². The summed E-state index contributed by atoms with van der Waals surface area (Å²) in [6, 6.07) is 4.57. The second kappa shape index (κ2) is 6.49. The van der Waals surface area contributed by atoms with E-state index in [0.717, 1.165) is 16.7 Å². The van der Waals surface area contributed by atoms with Crippen LogP contribution in [-0.4, -0.2) is 36.8 Å². The lowest BCUT2D eigenvalue weighted by Crippen LogP contribution is -2.45. The molecular weight excluding hydrogens is 363 g/mol. The Morgan fingerprint density at radius 2 is 2.37 bits per heavy atom. The van der Waals surface area contributed by atoms with Gasteiger partial charge in [0.15, 0.2) is 0 Å². The van der Waals surface area contributed by atoms with Crippen LogP contribution >= 0.6 is 22.6 Å². The third kappa shape index (κ3) is 4.02. The molecule has 0 aromatic heterocycles. The average Bonchev–Trinajstić information content (AvgIpc) is 2.37. The highest BCUT2D eigenvalue weighted by Gasteiger charge is 2.20. The van der Waals surface area contributed by atoms with Crippen LogP contribution in [0.3, 0.4) is 0 Å². The number of ether oxygens (including phenoxy) is 2. The molecule has 104 valence electrons. The number of morpholine rings is 1. The first-order valence-electron chi connectivity index (χ1n) is 5.99. The second-order valence-corrected chi connectivity index (χ2v) is 5.57. The van der Waals surface area contributed by atoms with E-state index < -0.39 is 4.92 Å². The Kier molecular flexibility index (Phi) is 4.94. The quantitative estimate of drug-likeness (QED) is 0.493. The fourth-order valence-electron chi connectivity index (χ4n) is 1.87. The number of hydrogen-bond acceptors (Lipinski definition) is 5. The molecule has 1 saturated heterocycles. The molecule has 6 nitrogen and oxygen atoms in total. The zero-order valence-electron chi connectivity index (χ0n) is 10.5. The van der Waals surface area contributed by atoms with Gasteiger partial charge in [-0.3, -0.25) is 10.1 Å². The summed E-state index contributed by atoms with van der Waals surface area (Å²) in [6.45, 7) is 4.05. The molecule has 2 atom stereocenters. The number of nitrogens with zero attached hydrogens (tertiary/aromatic N) is 1. The lowest BCUT2D eigenvalue weighted by molar-refractivity contribution is -0.385. The van der Waals surface area contributed by atoms with Crippen molar-refractivity contribution >= 4 is 28.3 Å². The number of non-ortho nitro benzene ring substituents is 1. The molecular formula is C12H15IN2O4. The molecule has 7 heteroatoms. The summed E-state index contributed by atoms with van der Waals surface area (Å²) >= 11 is 2.03. The Morgan fingerprint density at radius 1 is 1.58 bits per heavy atom. The van der Waals surface area contributed by atoms with E-state index in [4.69, 9.17) is 9.47 Å². The molecule has 2 unspecified atom stereocenters. The summed E-state index contributed by atoms with van der Waals surface area (Å²) < 4.78 is 12.1. The van der Waals surface area contributed by atoms with Crippen LogP contribution < -0.4 is 10.1 Å². The lowest BCUT2D eigenvalue weighted by Gasteiger charge is -2.28. The Hall–Kier alpha value is -0.930. The standard InChI is InChI=1S/C12H15IN2O4/c1-8-5-14-6-10(19-8)7-18-12-3-2-9(15(16)17)4-11(12)13/h2-4,8,10,14H,5-7H2,1H3. The van der Waals surface area contributed by atoms with E-state index >= 15 is 0 Å². The number of halogens is 1. The van der Waals surface area contributed by atoms with Crippen LogP contribution in [-0.2, 0) is 4.74 Å². The molecule has 1 heterocycles. The minimum Gasteiger partial charge on any atom is -0.490 e. The normalized spacial score (nSPS) is 23.1. The van der Waals surface area contributed by atoms with Crippen molar-refractivity contribution in [3.05, 3.63) is 31.9 Å². The van der Waals surface area contributed by atoms with E-state index in [-0.39, 0.29) is 17.9 Å². The predicted molar refractivity (Wildman–Crippen MR) is 78.5 cm³/mol. The van der Waals surface area contributed by atoms with Gasteiger partial charge in [-0.1, -0.05) is 0 Å². The van der Waals surface area contributed by atoms with E-state index in [0.29, 0.717) is 12.4 Å². The molecule has 1 aromatic carbocycles. The molecule has 1 aliphatic heterocycles. The fourth-order valence-corrected chi connectivity index (χ4v) is 2.53. The maximum atomic E-state index is 10.6. The number of benzene rings is 1. The van der Waals surface area contributed by atoms with Gasteiger partial charge in [0.1, 0.15) is 18.5 Å². The van der Waals surface area contributed by atoms with Crippen molar-refractivity contribution in [3.8, 4) is 5.75 Å². The van der Waals surface area contributed by atoms with Crippen molar-refractivity contribution in [2.75, 3.05) is 19.7 Å². The summed E-state index contributed by atoms with van der Waals surface area (Å²) in [5.41, 5.74) is 0.0703. The van der Waals surface area contributed by atoms with Crippen molar-refractivity contribution in [2.24, 2.45) is 0 Å². The number of nitrogens with one attached hydrogen (secondary N) is 1. The summed E-state index contributed by atoms with van der Waals surface area (Å²) in [4.78, 5) is 10.2. The Balaban J connectivity index is 1.94. The van der Waals surface area contributed by atoms with Crippen molar-refractivity contribution in [2.45, 2.75) is 19.1 Å². The average molecular weight is 378 g/mol. The maximum Gasteiger partial charge on any atom is 0.270 e. The second-order valence-electron chi connectivity index (χ2n) is 4.41. The van der Waals surface area contributed by atoms with Gasteiger partial charge in [-0.05, 0) is 35.6 Å². The summed E-state index contributed by atoms with van der Waals surface area (Å²) in [6.07, 6.45) is 0.188. The Labute approximate surface area is 124 Å². The monoisotopic (exact) mass is 378 g/mol. The van der Waals surface area contributed by atoms with Crippen molar-refractivity contribution in [1.29, 1.82) is 0 Å². The lowest BCUT2D eigenvalue weighted by atomic mass is 10.2. The highest BCUT2D eigenvalue weighted by atomic mass is 127. The summed E-state index contributed by atoms with van der Waals surface area (Å²) in [7, 11) is 0. The van der Waals surface area contributed by atoms with Crippen LogP contribution in [0.1, 0.15) is 6.92 Å². The van der Waals surface area contributed by atoms with E-state index in [1.807, 2.05) is 29.5 Å². The van der Waals surface area contributed by atoms with Gasteiger partial charge >= 0.3 is 0 Å². The Bertz CT molecular complexity index is 469. The summed E-state index contributed by atoms with van der Waals surface area (Å²) in [5, 5.41) is 13.9. The van der Waals surface area contributed by atoms with Crippen LogP contribution in [0.4, 0.5) is 5.69 Å². The molecule has 2 rings (SSSR count). The largest absolute Gasteiger partial charge is 0.490 e. The third-order valence-corrected chi connectivity index (χ3v) is 3.62. The van der Waals surface area contributed by atoms with Crippen LogP contribution in [0.15, 0.2) is 18.2 Å². The molecule has 0 radical (unpaired) electrons. The van der Waals surface area contributed by atoms with Gasteiger partial charge in [0.2, 0.25) is 0 Å². The SMILES string of the molecule is CC1CNCC(COc2ccc([N+](=O)[O-])cc2I)O1. The molecule has 19 heavy (non-hydrogen) atoms. The molecule has 0 amide bonds. The zero-order chi connectivity index (χ0) is 13.8. The fraction of sp³-hybridized carbons (Fsp3) is 0.500. The van der Waals surface area contributed by atoms with Gasteiger partial charge in [0.25, 0.3) is 5.69 Å². The van der Waals surface area contributed by atoms with Crippen molar-refractivity contribution < 1.29 is 14.4 Å². The number of nitro benzene ring substituents is 1. The smallest absolute Gasteiger partial charge is 0.270 e. The first-order chi connectivity index (χ1) is 9.06. The topological polar surface area (TPSA) is 73.6 Å². The molecule has 0 saturated carbocycles. The first kappa shape index (κ1) is 14.5. The Morgan fingerprint density at radius 3 is 3.00 bits per heavy atom. The van der Waals surface area contributed by atoms with Crippen LogP contribution in [0, 0.1) is 13.7 Å². The van der Waals surface area contributed by atoms with Gasteiger partial charge in [0, 0.05) is 25.2 Å². The van der Waals surface area contributed by atoms with Gasteiger partial charge in [-0.2, -0.15) is 0 Å². The highest BCUT2D eigenvalue weighted by Crippen LogP contribution is 2.25. The molecule has 1 N–H and O–H groups in total. The van der Waals surface area contributed by atoms with Crippen LogP contribution in [0.25, 0.3) is 0 Å². The number of nitro groups is 1. The van der Waals surface area contributed by atoms with E-state index in [9.17, 15) is 10.1 Å². The first-order valence-corrected chi connectivity index (χ1v) is 7.07. The van der Waals surface area contributed by atoms with Crippen molar-refractivity contribution in [1.82, 2.24) is 5.32 Å². The van der Waals surface area contributed by atoms with Gasteiger partial charge in [-0.25, -0.2) is 0 Å². The molecule has 1 aliphatic rings. The third-order valence-electron chi connectivity index (χ3n) is 2.78. The number of rotatable bonds is 4. The van der Waals surface area contributed by atoms with Gasteiger partial charge in [-0.15, -0.1) is 0 Å². The molecule has 1 aromatic rings. The molecule has 0 aliphatic carbocycles. The molecule has 1 fully saturated rings. The van der Waals surface area contributed by atoms with Crippen LogP contribution in [0.5, 0.6) is 5.75 Å². The minimum absolute atomic E-state index is 0.00902. The molecule has 0 spiro atoms. The minimum atomic E-state index is -0.415. The highest BCUT2D eigenvalue weighted by molar-refractivity contribution is 14.1. The van der Waals surface area contributed by atoms with E-state index in [2.05, 4.69) is 5.32 Å².